The van der Waals surface area contributed by atoms with E-state index < -0.39 is 8.32 Å². The van der Waals surface area contributed by atoms with Gasteiger partial charge in [0.25, 0.3) is 5.69 Å². The Morgan fingerprint density at radius 3 is 2.42 bits per heavy atom. The van der Waals surface area contributed by atoms with Gasteiger partial charge < -0.3 is 4.43 Å². The van der Waals surface area contributed by atoms with Crippen LogP contribution in [0.5, 0.6) is 0 Å². The third kappa shape index (κ3) is 4.25. The average molecular weight is 393 g/mol. The third-order valence-electron chi connectivity index (χ3n) is 3.61. The lowest BCUT2D eigenvalue weighted by Crippen LogP contribution is -2.40. The van der Waals surface area contributed by atoms with Gasteiger partial charge in [0.15, 0.2) is 8.32 Å². The van der Waals surface area contributed by atoms with Crippen molar-refractivity contribution in [3.05, 3.63) is 37.4 Å². The Morgan fingerprint density at radius 2 is 1.95 bits per heavy atom. The fourth-order valence-electron chi connectivity index (χ4n) is 1.27. The van der Waals surface area contributed by atoms with Gasteiger partial charge in [-0.1, -0.05) is 26.8 Å². The molecule has 0 saturated heterocycles. The molecule has 1 aromatic carbocycles. The van der Waals surface area contributed by atoms with Gasteiger partial charge >= 0.3 is 0 Å². The van der Waals surface area contributed by atoms with Crippen LogP contribution in [0.4, 0.5) is 5.69 Å². The van der Waals surface area contributed by atoms with Gasteiger partial charge in [0, 0.05) is 6.07 Å². The summed E-state index contributed by atoms with van der Waals surface area (Å²) < 4.78 is 6.72. The molecule has 19 heavy (non-hydrogen) atoms. The largest absolute Gasteiger partial charge is 0.413 e. The molecule has 1 aromatic rings. The number of hydrogen-bond acceptors (Lipinski definition) is 3. The van der Waals surface area contributed by atoms with E-state index in [0.717, 1.165) is 5.56 Å². The zero-order valence-corrected chi connectivity index (χ0v) is 15.1. The Balaban J connectivity index is 2.85. The number of hydrogen-bond donors (Lipinski definition) is 0. The first-order chi connectivity index (χ1) is 8.54. The van der Waals surface area contributed by atoms with Crippen LogP contribution in [-0.4, -0.2) is 13.2 Å². The quantitative estimate of drug-likeness (QED) is 0.322. The fraction of sp³-hybridized carbons (Fsp3) is 0.538. The lowest BCUT2D eigenvalue weighted by molar-refractivity contribution is -0.385. The van der Waals surface area contributed by atoms with Crippen LogP contribution in [-0.2, 0) is 11.0 Å². The van der Waals surface area contributed by atoms with E-state index in [9.17, 15) is 10.1 Å². The van der Waals surface area contributed by atoms with Crippen molar-refractivity contribution in [3.63, 3.8) is 0 Å². The second kappa shape index (κ2) is 5.88. The molecule has 106 valence electrons. The van der Waals surface area contributed by atoms with Gasteiger partial charge in [0.1, 0.15) is 0 Å². The molecular formula is C13H20INO3Si. The summed E-state index contributed by atoms with van der Waals surface area (Å²) in [5.41, 5.74) is 1.01. The molecule has 6 heteroatoms. The molecular weight excluding hydrogens is 373 g/mol. The van der Waals surface area contributed by atoms with E-state index in [1.807, 2.05) is 28.7 Å². The van der Waals surface area contributed by atoms with Crippen molar-refractivity contribution in [3.8, 4) is 0 Å². The zero-order valence-electron chi connectivity index (χ0n) is 12.0. The number of halogens is 1. The smallest absolute Gasteiger partial charge is 0.283 e. The molecule has 0 bridgehead atoms. The van der Waals surface area contributed by atoms with Crippen molar-refractivity contribution in [2.24, 2.45) is 0 Å². The Bertz CT molecular complexity index is 483. The van der Waals surface area contributed by atoms with Crippen molar-refractivity contribution in [1.29, 1.82) is 0 Å². The van der Waals surface area contributed by atoms with E-state index in [-0.39, 0.29) is 15.6 Å². The monoisotopic (exact) mass is 393 g/mol. The molecule has 0 spiro atoms. The molecule has 0 atom stereocenters. The standard InChI is InChI=1S/C13H20INO3Si/c1-13(2,3)19(4,5)18-9-10-6-7-11(14)12(8-10)15(16)17/h6-8H,9H2,1-5H3. The molecule has 0 aromatic heterocycles. The van der Waals surface area contributed by atoms with Gasteiger partial charge in [-0.2, -0.15) is 0 Å². The number of rotatable bonds is 4. The Morgan fingerprint density at radius 1 is 1.37 bits per heavy atom. The maximum atomic E-state index is 10.9. The van der Waals surface area contributed by atoms with Crippen LogP contribution >= 0.6 is 22.6 Å². The van der Waals surface area contributed by atoms with E-state index in [2.05, 4.69) is 33.9 Å². The minimum absolute atomic E-state index is 0.141. The van der Waals surface area contributed by atoms with Crippen molar-refractivity contribution >= 4 is 36.6 Å². The Kier molecular flexibility index (Phi) is 5.13. The predicted molar refractivity (Wildman–Crippen MR) is 87.8 cm³/mol. The van der Waals surface area contributed by atoms with Crippen LogP contribution in [0.1, 0.15) is 26.3 Å². The Labute approximate surface area is 129 Å². The molecule has 0 fully saturated rings. The van der Waals surface area contributed by atoms with Crippen molar-refractivity contribution in [2.75, 3.05) is 0 Å². The van der Waals surface area contributed by atoms with Gasteiger partial charge in [-0.15, -0.1) is 0 Å². The van der Waals surface area contributed by atoms with E-state index in [1.54, 1.807) is 12.1 Å². The van der Waals surface area contributed by atoms with E-state index in [0.29, 0.717) is 10.2 Å². The molecule has 0 radical (unpaired) electrons. The SMILES string of the molecule is CC(C)(C)[Si](C)(C)OCc1ccc(I)c([N+](=O)[O-])c1. The summed E-state index contributed by atoms with van der Waals surface area (Å²) in [6.07, 6.45) is 0. The summed E-state index contributed by atoms with van der Waals surface area (Å²) in [5, 5.41) is 11.0. The minimum Gasteiger partial charge on any atom is -0.413 e. The van der Waals surface area contributed by atoms with E-state index >= 15 is 0 Å². The summed E-state index contributed by atoms with van der Waals surface area (Å²) in [4.78, 5) is 10.6. The topological polar surface area (TPSA) is 52.4 Å². The molecule has 0 heterocycles. The number of nitro benzene ring substituents is 1. The maximum Gasteiger partial charge on any atom is 0.283 e. The molecule has 0 saturated carbocycles. The van der Waals surface area contributed by atoms with Crippen LogP contribution in [0.25, 0.3) is 0 Å². The van der Waals surface area contributed by atoms with Gasteiger partial charge in [-0.3, -0.25) is 10.1 Å². The summed E-state index contributed by atoms with van der Waals surface area (Å²) >= 11 is 1.98. The van der Waals surface area contributed by atoms with Gasteiger partial charge in [-0.05, 0) is 52.4 Å². The van der Waals surface area contributed by atoms with Crippen LogP contribution in [0.2, 0.25) is 18.1 Å². The number of benzene rings is 1. The summed E-state index contributed by atoms with van der Waals surface area (Å²) in [6.45, 7) is 11.3. The molecule has 0 aliphatic rings. The molecule has 0 aliphatic heterocycles. The maximum absolute atomic E-state index is 10.9. The highest BCUT2D eigenvalue weighted by Gasteiger charge is 2.37. The highest BCUT2D eigenvalue weighted by Crippen LogP contribution is 2.37. The van der Waals surface area contributed by atoms with Gasteiger partial charge in [0.05, 0.1) is 15.1 Å². The normalized spacial score (nSPS) is 12.5. The van der Waals surface area contributed by atoms with Crippen molar-refractivity contribution in [2.45, 2.75) is 45.5 Å². The Hall–Kier alpha value is -0.473. The lowest BCUT2D eigenvalue weighted by atomic mass is 10.2. The molecule has 0 N–H and O–H groups in total. The van der Waals surface area contributed by atoms with Gasteiger partial charge in [0.2, 0.25) is 0 Å². The third-order valence-corrected chi connectivity index (χ3v) is 9.00. The number of nitrogens with zero attached hydrogens (tertiary/aromatic N) is 1. The zero-order chi connectivity index (χ0) is 14.8. The van der Waals surface area contributed by atoms with Crippen LogP contribution in [0.15, 0.2) is 18.2 Å². The molecule has 0 aliphatic carbocycles. The summed E-state index contributed by atoms with van der Waals surface area (Å²) in [7, 11) is -1.82. The van der Waals surface area contributed by atoms with Crippen molar-refractivity contribution in [1.82, 2.24) is 0 Å². The summed E-state index contributed by atoms with van der Waals surface area (Å²) in [5.74, 6) is 0. The first-order valence-electron chi connectivity index (χ1n) is 6.11. The van der Waals surface area contributed by atoms with E-state index in [1.165, 1.54) is 0 Å². The van der Waals surface area contributed by atoms with Crippen LogP contribution < -0.4 is 0 Å². The number of nitro groups is 1. The average Bonchev–Trinajstić information content (AvgIpc) is 2.26. The minimum atomic E-state index is -1.82. The first-order valence-corrected chi connectivity index (χ1v) is 10.1. The highest BCUT2D eigenvalue weighted by molar-refractivity contribution is 14.1. The van der Waals surface area contributed by atoms with Gasteiger partial charge in [-0.25, -0.2) is 0 Å². The fourth-order valence-corrected chi connectivity index (χ4v) is 2.76. The predicted octanol–water partition coefficient (Wildman–Crippen LogP) is 4.72. The summed E-state index contributed by atoms with van der Waals surface area (Å²) in [6, 6.07) is 5.26. The molecule has 4 nitrogen and oxygen atoms in total. The van der Waals surface area contributed by atoms with Crippen LogP contribution in [0.3, 0.4) is 0 Å². The van der Waals surface area contributed by atoms with Crippen LogP contribution in [0, 0.1) is 13.7 Å². The molecule has 1 rings (SSSR count). The highest BCUT2D eigenvalue weighted by atomic mass is 127. The molecule has 0 unspecified atom stereocenters. The molecule has 0 amide bonds. The van der Waals surface area contributed by atoms with E-state index in [4.69, 9.17) is 4.43 Å². The second-order valence-corrected chi connectivity index (χ2v) is 12.1. The lowest BCUT2D eigenvalue weighted by Gasteiger charge is -2.36. The first kappa shape index (κ1) is 16.6. The second-order valence-electron chi connectivity index (χ2n) is 6.09. The van der Waals surface area contributed by atoms with Crippen molar-refractivity contribution < 1.29 is 9.35 Å².